The van der Waals surface area contributed by atoms with Gasteiger partial charge in [-0.05, 0) is 12.0 Å². The second-order valence-electron chi connectivity index (χ2n) is 5.59. The van der Waals surface area contributed by atoms with Crippen LogP contribution in [0.1, 0.15) is 24.5 Å². The zero-order valence-corrected chi connectivity index (χ0v) is 12.0. The first kappa shape index (κ1) is 14.1. The van der Waals surface area contributed by atoms with E-state index in [2.05, 4.69) is 5.32 Å². The third kappa shape index (κ3) is 3.24. The summed E-state index contributed by atoms with van der Waals surface area (Å²) in [6, 6.07) is 9.99. The van der Waals surface area contributed by atoms with Gasteiger partial charge in [0.25, 0.3) is 0 Å². The summed E-state index contributed by atoms with van der Waals surface area (Å²) in [5, 5.41) is 2.78. The number of nitrogens with one attached hydrogen (secondary N) is 1. The molecule has 0 aromatic heterocycles. The van der Waals surface area contributed by atoms with Gasteiger partial charge in [0.2, 0.25) is 11.8 Å². The van der Waals surface area contributed by atoms with Crippen LogP contribution in [0.3, 0.4) is 0 Å². The maximum Gasteiger partial charge on any atom is 0.227 e. The van der Waals surface area contributed by atoms with E-state index in [-0.39, 0.29) is 23.8 Å². The summed E-state index contributed by atoms with van der Waals surface area (Å²) in [5.74, 6) is 0.0969. The van der Waals surface area contributed by atoms with Gasteiger partial charge in [-0.15, -0.1) is 0 Å². The molecule has 2 unspecified atom stereocenters. The van der Waals surface area contributed by atoms with Crippen LogP contribution in [-0.4, -0.2) is 43.0 Å². The third-order valence-corrected chi connectivity index (χ3v) is 4.16. The summed E-state index contributed by atoms with van der Waals surface area (Å²) in [5.41, 5.74) is 1.10. The van der Waals surface area contributed by atoms with Gasteiger partial charge in [-0.25, -0.2) is 0 Å². The minimum atomic E-state index is -0.0859. The highest BCUT2D eigenvalue weighted by Crippen LogP contribution is 2.24. The van der Waals surface area contributed by atoms with Crippen molar-refractivity contribution < 1.29 is 14.3 Å². The maximum atomic E-state index is 12.6. The Bertz CT molecular complexity index is 508. The predicted octanol–water partition coefficient (Wildman–Crippen LogP) is 1.11. The lowest BCUT2D eigenvalue weighted by Crippen LogP contribution is -2.49. The van der Waals surface area contributed by atoms with E-state index < -0.39 is 0 Å². The molecule has 21 heavy (non-hydrogen) atoms. The Balaban J connectivity index is 1.63. The van der Waals surface area contributed by atoms with E-state index in [1.807, 2.05) is 35.2 Å². The van der Waals surface area contributed by atoms with Crippen LogP contribution in [0.4, 0.5) is 0 Å². The van der Waals surface area contributed by atoms with Crippen LogP contribution in [0.15, 0.2) is 30.3 Å². The number of morpholine rings is 1. The smallest absolute Gasteiger partial charge is 0.227 e. The highest BCUT2D eigenvalue weighted by molar-refractivity contribution is 5.83. The molecule has 0 spiro atoms. The average Bonchev–Trinajstić information content (AvgIpc) is 2.56. The number of hydrogen-bond donors (Lipinski definition) is 1. The van der Waals surface area contributed by atoms with Crippen molar-refractivity contribution in [1.29, 1.82) is 0 Å². The summed E-state index contributed by atoms with van der Waals surface area (Å²) in [4.78, 5) is 25.6. The zero-order valence-electron chi connectivity index (χ0n) is 12.0. The van der Waals surface area contributed by atoms with Crippen LogP contribution >= 0.6 is 0 Å². The van der Waals surface area contributed by atoms with Crippen LogP contribution in [0, 0.1) is 5.92 Å². The fourth-order valence-corrected chi connectivity index (χ4v) is 2.92. The topological polar surface area (TPSA) is 58.6 Å². The Morgan fingerprint density at radius 3 is 2.81 bits per heavy atom. The molecular weight excluding hydrogens is 268 g/mol. The molecule has 1 aromatic rings. The monoisotopic (exact) mass is 288 g/mol. The summed E-state index contributed by atoms with van der Waals surface area (Å²) in [6.07, 6.45) is 1.04. The Morgan fingerprint density at radius 2 is 2.10 bits per heavy atom. The van der Waals surface area contributed by atoms with Crippen molar-refractivity contribution in [2.45, 2.75) is 18.9 Å². The molecule has 5 nitrogen and oxygen atoms in total. The molecule has 2 aliphatic heterocycles. The van der Waals surface area contributed by atoms with Gasteiger partial charge in [-0.3, -0.25) is 9.59 Å². The third-order valence-electron chi connectivity index (χ3n) is 4.16. The fourth-order valence-electron chi connectivity index (χ4n) is 2.92. The quantitative estimate of drug-likeness (QED) is 0.887. The number of carbonyl (C=O) groups is 2. The van der Waals surface area contributed by atoms with Gasteiger partial charge in [-0.1, -0.05) is 30.3 Å². The van der Waals surface area contributed by atoms with Crippen LogP contribution in [0.25, 0.3) is 0 Å². The van der Waals surface area contributed by atoms with Crippen molar-refractivity contribution in [2.75, 3.05) is 26.2 Å². The van der Waals surface area contributed by atoms with E-state index in [0.717, 1.165) is 5.56 Å². The van der Waals surface area contributed by atoms with E-state index in [9.17, 15) is 9.59 Å². The average molecular weight is 288 g/mol. The molecule has 3 rings (SSSR count). The molecule has 0 aliphatic carbocycles. The minimum Gasteiger partial charge on any atom is -0.370 e. The van der Waals surface area contributed by atoms with Crippen molar-refractivity contribution in [3.05, 3.63) is 35.9 Å². The van der Waals surface area contributed by atoms with Crippen LogP contribution in [0.5, 0.6) is 0 Å². The van der Waals surface area contributed by atoms with Gasteiger partial charge >= 0.3 is 0 Å². The first-order chi connectivity index (χ1) is 10.2. The van der Waals surface area contributed by atoms with Crippen molar-refractivity contribution in [3.8, 4) is 0 Å². The number of ether oxygens (including phenoxy) is 1. The molecule has 0 radical (unpaired) electrons. The molecule has 1 aromatic carbocycles. The van der Waals surface area contributed by atoms with E-state index in [1.54, 1.807) is 0 Å². The van der Waals surface area contributed by atoms with E-state index in [0.29, 0.717) is 39.1 Å². The number of hydrogen-bond acceptors (Lipinski definition) is 3. The first-order valence-corrected chi connectivity index (χ1v) is 7.46. The summed E-state index contributed by atoms with van der Waals surface area (Å²) in [7, 11) is 0. The van der Waals surface area contributed by atoms with Gasteiger partial charge in [0.05, 0.1) is 19.1 Å². The highest BCUT2D eigenvalue weighted by atomic mass is 16.5. The first-order valence-electron chi connectivity index (χ1n) is 7.46. The summed E-state index contributed by atoms with van der Waals surface area (Å²) in [6.45, 7) is 2.25. The second-order valence-corrected chi connectivity index (χ2v) is 5.59. The molecule has 0 bridgehead atoms. The van der Waals surface area contributed by atoms with Gasteiger partial charge < -0.3 is 15.0 Å². The maximum absolute atomic E-state index is 12.6. The Hall–Kier alpha value is -1.88. The van der Waals surface area contributed by atoms with Gasteiger partial charge in [0.1, 0.15) is 6.10 Å². The Morgan fingerprint density at radius 1 is 1.29 bits per heavy atom. The normalized spacial score (nSPS) is 26.3. The minimum absolute atomic E-state index is 0.0446. The molecule has 2 aliphatic rings. The van der Waals surface area contributed by atoms with Gasteiger partial charge in [-0.2, -0.15) is 0 Å². The highest BCUT2D eigenvalue weighted by Gasteiger charge is 2.31. The van der Waals surface area contributed by atoms with Crippen LogP contribution in [-0.2, 0) is 14.3 Å². The molecule has 5 heteroatoms. The van der Waals surface area contributed by atoms with Crippen molar-refractivity contribution in [3.63, 3.8) is 0 Å². The number of nitrogens with zero attached hydrogens (tertiary/aromatic N) is 1. The van der Waals surface area contributed by atoms with Crippen molar-refractivity contribution >= 4 is 11.8 Å². The molecule has 0 saturated carbocycles. The molecule has 1 N–H and O–H groups in total. The molecule has 2 heterocycles. The van der Waals surface area contributed by atoms with Gasteiger partial charge in [0, 0.05) is 19.5 Å². The molecule has 112 valence electrons. The largest absolute Gasteiger partial charge is 0.370 e. The van der Waals surface area contributed by atoms with E-state index >= 15 is 0 Å². The zero-order chi connectivity index (χ0) is 14.7. The van der Waals surface area contributed by atoms with E-state index in [4.69, 9.17) is 4.74 Å². The number of piperidine rings is 1. The fraction of sp³-hybridized carbons (Fsp3) is 0.500. The number of carbonyl (C=O) groups excluding carboxylic acids is 2. The summed E-state index contributed by atoms with van der Waals surface area (Å²) < 4.78 is 5.79. The lowest BCUT2D eigenvalue weighted by molar-refractivity contribution is -0.144. The number of amides is 2. The molecular formula is C16H20N2O3. The van der Waals surface area contributed by atoms with E-state index in [1.165, 1.54) is 0 Å². The van der Waals surface area contributed by atoms with Crippen molar-refractivity contribution in [2.24, 2.45) is 5.92 Å². The Kier molecular flexibility index (Phi) is 4.20. The molecule has 2 fully saturated rings. The standard InChI is InChI=1S/C16H20N2O3/c19-15-7-6-13(10-17-15)16(20)18-8-9-21-14(11-18)12-4-2-1-3-5-12/h1-5,13-14H,6-11H2,(H,17,19). The molecule has 2 amide bonds. The molecule has 2 atom stereocenters. The van der Waals surface area contributed by atoms with Crippen LogP contribution < -0.4 is 5.32 Å². The summed E-state index contributed by atoms with van der Waals surface area (Å²) >= 11 is 0. The number of rotatable bonds is 2. The van der Waals surface area contributed by atoms with Crippen molar-refractivity contribution in [1.82, 2.24) is 10.2 Å². The SMILES string of the molecule is O=C1CCC(C(=O)N2CCOC(c3ccccc3)C2)CN1. The molecule has 2 saturated heterocycles. The number of benzene rings is 1. The second kappa shape index (κ2) is 6.26. The van der Waals surface area contributed by atoms with Crippen LogP contribution in [0.2, 0.25) is 0 Å². The Labute approximate surface area is 124 Å². The predicted molar refractivity (Wildman–Crippen MR) is 77.4 cm³/mol. The van der Waals surface area contributed by atoms with Gasteiger partial charge in [0.15, 0.2) is 0 Å². The lowest BCUT2D eigenvalue weighted by Gasteiger charge is -2.36. The lowest BCUT2D eigenvalue weighted by atomic mass is 9.97.